The lowest BCUT2D eigenvalue weighted by molar-refractivity contribution is 0.630. The molecular formula is C14H18N4. The summed E-state index contributed by atoms with van der Waals surface area (Å²) >= 11 is 0. The lowest BCUT2D eigenvalue weighted by Crippen LogP contribution is -2.29. The normalized spacial score (nSPS) is 11.5. The van der Waals surface area contributed by atoms with Gasteiger partial charge in [0, 0.05) is 10.9 Å². The maximum Gasteiger partial charge on any atom is 0.138 e. The summed E-state index contributed by atoms with van der Waals surface area (Å²) in [6, 6.07) is 9.72. The first-order valence-electron chi connectivity index (χ1n) is 5.89. The van der Waals surface area contributed by atoms with Gasteiger partial charge in [-0.15, -0.1) is 0 Å². The van der Waals surface area contributed by atoms with E-state index in [0.29, 0.717) is 11.4 Å². The molecular weight excluding hydrogens is 224 g/mol. The smallest absolute Gasteiger partial charge is 0.138 e. The lowest BCUT2D eigenvalue weighted by atomic mass is 10.1. The number of hydrogen-bond donors (Lipinski definition) is 3. The number of rotatable bonds is 2. The van der Waals surface area contributed by atoms with Crippen molar-refractivity contribution in [2.45, 2.75) is 26.3 Å². The number of aromatic nitrogens is 1. The molecule has 0 aliphatic rings. The molecule has 0 aliphatic heterocycles. The summed E-state index contributed by atoms with van der Waals surface area (Å²) in [5.41, 5.74) is 7.04. The highest BCUT2D eigenvalue weighted by atomic mass is 15.0. The summed E-state index contributed by atoms with van der Waals surface area (Å²) in [7, 11) is 0. The molecule has 0 amide bonds. The van der Waals surface area contributed by atoms with E-state index >= 15 is 0 Å². The molecule has 0 saturated heterocycles. The van der Waals surface area contributed by atoms with Crippen molar-refractivity contribution in [1.82, 2.24) is 4.98 Å². The van der Waals surface area contributed by atoms with Crippen LogP contribution in [0.5, 0.6) is 0 Å². The molecule has 4 N–H and O–H groups in total. The number of anilines is 1. The second-order valence-corrected chi connectivity index (χ2v) is 5.37. The number of nitrogens with one attached hydrogen (secondary N) is 2. The second-order valence-electron chi connectivity index (χ2n) is 5.37. The Hall–Kier alpha value is -2.10. The van der Waals surface area contributed by atoms with Gasteiger partial charge >= 0.3 is 0 Å². The summed E-state index contributed by atoms with van der Waals surface area (Å²) < 4.78 is 0. The fraction of sp³-hybridized carbons (Fsp3) is 0.286. The first-order chi connectivity index (χ1) is 8.37. The third-order valence-corrected chi connectivity index (χ3v) is 2.51. The van der Waals surface area contributed by atoms with Crippen LogP contribution in [0.25, 0.3) is 10.9 Å². The zero-order valence-corrected chi connectivity index (χ0v) is 10.9. The van der Waals surface area contributed by atoms with Gasteiger partial charge in [0.15, 0.2) is 0 Å². The molecule has 4 nitrogen and oxygen atoms in total. The van der Waals surface area contributed by atoms with Crippen molar-refractivity contribution in [3.8, 4) is 0 Å². The molecule has 0 unspecified atom stereocenters. The number of hydrogen-bond acceptors (Lipinski definition) is 3. The van der Waals surface area contributed by atoms with E-state index in [1.165, 1.54) is 0 Å². The first kappa shape index (κ1) is 12.4. The van der Waals surface area contributed by atoms with E-state index in [4.69, 9.17) is 11.1 Å². The molecule has 18 heavy (non-hydrogen) atoms. The number of nitrogens with zero attached hydrogens (tertiary/aromatic N) is 1. The zero-order chi connectivity index (χ0) is 13.3. The summed E-state index contributed by atoms with van der Waals surface area (Å²) in [5, 5.41) is 11.9. The fourth-order valence-electron chi connectivity index (χ4n) is 1.77. The van der Waals surface area contributed by atoms with Crippen LogP contribution < -0.4 is 11.1 Å². The van der Waals surface area contributed by atoms with E-state index in [2.05, 4.69) is 10.3 Å². The van der Waals surface area contributed by atoms with Crippen LogP contribution in [0.15, 0.2) is 30.3 Å². The van der Waals surface area contributed by atoms with Crippen molar-refractivity contribution in [1.29, 1.82) is 5.41 Å². The molecule has 0 aliphatic carbocycles. The fourth-order valence-corrected chi connectivity index (χ4v) is 1.77. The molecule has 2 aromatic rings. The largest absolute Gasteiger partial charge is 0.384 e. The molecule has 4 heteroatoms. The summed E-state index contributed by atoms with van der Waals surface area (Å²) in [6.07, 6.45) is 0. The van der Waals surface area contributed by atoms with Gasteiger partial charge in [0.25, 0.3) is 0 Å². The van der Waals surface area contributed by atoms with Gasteiger partial charge in [-0.1, -0.05) is 18.2 Å². The Labute approximate surface area is 107 Å². The monoisotopic (exact) mass is 242 g/mol. The molecule has 0 fully saturated rings. The van der Waals surface area contributed by atoms with E-state index in [0.717, 1.165) is 10.9 Å². The topological polar surface area (TPSA) is 74.8 Å². The van der Waals surface area contributed by atoms with Gasteiger partial charge in [-0.3, -0.25) is 5.41 Å². The average molecular weight is 242 g/mol. The molecule has 0 spiro atoms. The van der Waals surface area contributed by atoms with Crippen LogP contribution in [0.3, 0.4) is 0 Å². The lowest BCUT2D eigenvalue weighted by Gasteiger charge is -2.23. The molecule has 1 aromatic carbocycles. The number of nitrogen functional groups attached to an aromatic ring is 1. The number of pyridine rings is 1. The van der Waals surface area contributed by atoms with Crippen molar-refractivity contribution in [2.24, 2.45) is 5.73 Å². The third-order valence-electron chi connectivity index (χ3n) is 2.51. The third kappa shape index (κ3) is 2.59. The minimum Gasteiger partial charge on any atom is -0.384 e. The van der Waals surface area contributed by atoms with Crippen molar-refractivity contribution < 1.29 is 0 Å². The SMILES string of the molecule is CC(C)(C)Nc1nc2ccccc2cc1C(=N)N. The second kappa shape index (κ2) is 4.29. The van der Waals surface area contributed by atoms with Gasteiger partial charge in [0.1, 0.15) is 11.7 Å². The molecule has 1 heterocycles. The minimum atomic E-state index is -0.125. The number of nitrogens with two attached hydrogens (primary N) is 1. The average Bonchev–Trinajstić information content (AvgIpc) is 2.25. The molecule has 0 saturated carbocycles. The van der Waals surface area contributed by atoms with Crippen molar-refractivity contribution in [3.05, 3.63) is 35.9 Å². The Balaban J connectivity index is 2.61. The maximum atomic E-state index is 7.66. The van der Waals surface area contributed by atoms with E-state index in [1.807, 2.05) is 51.1 Å². The van der Waals surface area contributed by atoms with Gasteiger partial charge in [0.2, 0.25) is 0 Å². The summed E-state index contributed by atoms with van der Waals surface area (Å²) in [5.74, 6) is 0.689. The molecule has 94 valence electrons. The summed E-state index contributed by atoms with van der Waals surface area (Å²) in [4.78, 5) is 4.55. The van der Waals surface area contributed by atoms with Crippen LogP contribution in [0, 0.1) is 5.41 Å². The van der Waals surface area contributed by atoms with Gasteiger partial charge < -0.3 is 11.1 Å². The Bertz CT molecular complexity index is 596. The van der Waals surface area contributed by atoms with Crippen molar-refractivity contribution in [2.75, 3.05) is 5.32 Å². The van der Waals surface area contributed by atoms with Crippen LogP contribution in [0.1, 0.15) is 26.3 Å². The minimum absolute atomic E-state index is 0.0278. The number of benzene rings is 1. The van der Waals surface area contributed by atoms with E-state index in [-0.39, 0.29) is 11.4 Å². The number of fused-ring (bicyclic) bond motifs is 1. The van der Waals surface area contributed by atoms with Gasteiger partial charge in [0.05, 0.1) is 11.1 Å². The molecule has 1 aromatic heterocycles. The highest BCUT2D eigenvalue weighted by molar-refractivity contribution is 6.02. The highest BCUT2D eigenvalue weighted by Gasteiger charge is 2.15. The number of para-hydroxylation sites is 1. The van der Waals surface area contributed by atoms with Crippen molar-refractivity contribution in [3.63, 3.8) is 0 Å². The van der Waals surface area contributed by atoms with Crippen LogP contribution >= 0.6 is 0 Å². The summed E-state index contributed by atoms with van der Waals surface area (Å²) in [6.45, 7) is 6.15. The van der Waals surface area contributed by atoms with Crippen LogP contribution in [-0.4, -0.2) is 16.4 Å². The van der Waals surface area contributed by atoms with Crippen LogP contribution in [0.4, 0.5) is 5.82 Å². The van der Waals surface area contributed by atoms with E-state index < -0.39 is 0 Å². The Morgan fingerprint density at radius 1 is 1.28 bits per heavy atom. The van der Waals surface area contributed by atoms with Crippen LogP contribution in [0.2, 0.25) is 0 Å². The molecule has 0 atom stereocenters. The van der Waals surface area contributed by atoms with E-state index in [1.54, 1.807) is 0 Å². The first-order valence-corrected chi connectivity index (χ1v) is 5.89. The zero-order valence-electron chi connectivity index (χ0n) is 10.9. The Morgan fingerprint density at radius 3 is 2.56 bits per heavy atom. The molecule has 2 rings (SSSR count). The predicted molar refractivity (Wildman–Crippen MR) is 76.1 cm³/mol. The molecule has 0 radical (unpaired) electrons. The van der Waals surface area contributed by atoms with Crippen molar-refractivity contribution >= 4 is 22.6 Å². The number of amidine groups is 1. The quantitative estimate of drug-likeness (QED) is 0.560. The van der Waals surface area contributed by atoms with Crippen LogP contribution in [-0.2, 0) is 0 Å². The maximum absolute atomic E-state index is 7.66. The molecule has 0 bridgehead atoms. The van der Waals surface area contributed by atoms with Gasteiger partial charge in [-0.05, 0) is 32.9 Å². The standard InChI is InChI=1S/C14H18N4/c1-14(2,3)18-13-10(12(15)16)8-9-6-4-5-7-11(9)17-13/h4-8H,1-3H3,(H3,15,16)(H,17,18). The van der Waals surface area contributed by atoms with Gasteiger partial charge in [-0.2, -0.15) is 0 Å². The highest BCUT2D eigenvalue weighted by Crippen LogP contribution is 2.22. The Morgan fingerprint density at radius 2 is 1.94 bits per heavy atom. The predicted octanol–water partition coefficient (Wildman–Crippen LogP) is 2.73. The Kier molecular flexibility index (Phi) is 2.95. The van der Waals surface area contributed by atoms with E-state index in [9.17, 15) is 0 Å². The van der Waals surface area contributed by atoms with Gasteiger partial charge in [-0.25, -0.2) is 4.98 Å².